The third-order valence-electron chi connectivity index (χ3n) is 4.17. The maximum atomic E-state index is 11.3. The fraction of sp³-hybridized carbons (Fsp3) is 0.375. The number of fused-ring (bicyclic) bond motifs is 1. The van der Waals surface area contributed by atoms with Gasteiger partial charge in [-0.15, -0.1) is 0 Å². The first-order valence-corrected chi connectivity index (χ1v) is 8.64. The fourth-order valence-corrected chi connectivity index (χ4v) is 2.76. The number of nitrogens with one attached hydrogen (secondary N) is 1. The van der Waals surface area contributed by atoms with Crippen LogP contribution in [0.4, 0.5) is 17.6 Å². The first-order valence-electron chi connectivity index (χ1n) is 8.64. The number of ether oxygens (including phenoxy) is 4. The molecule has 0 spiro atoms. The topological polar surface area (TPSA) is 146 Å². The second-order valence-electron chi connectivity index (χ2n) is 5.94. The highest BCUT2D eigenvalue weighted by Gasteiger charge is 2.22. The molecule has 3 heterocycles. The SMILES string of the molecule is COc1nc(N/N=C\c2cc3c(cc2[N+](=O)[O-])OCO3)nc(N2CCOCC2)n1. The van der Waals surface area contributed by atoms with Crippen LogP contribution >= 0.6 is 0 Å². The van der Waals surface area contributed by atoms with Crippen molar-refractivity contribution in [2.75, 3.05) is 50.5 Å². The van der Waals surface area contributed by atoms with Crippen LogP contribution in [-0.4, -0.2) is 66.3 Å². The monoisotopic (exact) mass is 403 g/mol. The molecule has 1 N–H and O–H groups in total. The van der Waals surface area contributed by atoms with Crippen molar-refractivity contribution in [3.8, 4) is 17.5 Å². The number of rotatable bonds is 6. The minimum Gasteiger partial charge on any atom is -0.467 e. The largest absolute Gasteiger partial charge is 0.467 e. The summed E-state index contributed by atoms with van der Waals surface area (Å²) in [5, 5.41) is 15.3. The van der Waals surface area contributed by atoms with E-state index in [1.54, 1.807) is 0 Å². The van der Waals surface area contributed by atoms with Crippen LogP contribution in [0.15, 0.2) is 17.2 Å². The van der Waals surface area contributed by atoms with Crippen molar-refractivity contribution in [1.29, 1.82) is 0 Å². The molecule has 0 saturated carbocycles. The molecule has 0 radical (unpaired) electrons. The van der Waals surface area contributed by atoms with Gasteiger partial charge in [0.1, 0.15) is 0 Å². The zero-order chi connectivity index (χ0) is 20.2. The summed E-state index contributed by atoms with van der Waals surface area (Å²) in [6, 6.07) is 2.90. The zero-order valence-electron chi connectivity index (χ0n) is 15.4. The molecule has 1 aromatic heterocycles. The van der Waals surface area contributed by atoms with Crippen LogP contribution < -0.4 is 24.5 Å². The summed E-state index contributed by atoms with van der Waals surface area (Å²) in [6.45, 7) is 2.43. The standard InChI is InChI=1S/C16H17N7O6/c1-26-16-19-14(18-15(20-16)22-2-4-27-5-3-22)21-17-8-10-6-12-13(29-9-28-12)7-11(10)23(24)25/h6-8H,2-5,9H2,1H3,(H,18,19,20,21)/b17-8-. The van der Waals surface area contributed by atoms with E-state index in [9.17, 15) is 10.1 Å². The Kier molecular flexibility index (Phi) is 5.20. The van der Waals surface area contributed by atoms with Gasteiger partial charge in [0.25, 0.3) is 11.6 Å². The van der Waals surface area contributed by atoms with Crippen molar-refractivity contribution < 1.29 is 23.9 Å². The van der Waals surface area contributed by atoms with Crippen LogP contribution in [0.2, 0.25) is 0 Å². The molecule has 0 amide bonds. The lowest BCUT2D eigenvalue weighted by atomic mass is 10.1. The van der Waals surface area contributed by atoms with Crippen molar-refractivity contribution in [2.24, 2.45) is 5.10 Å². The number of benzene rings is 1. The molecule has 1 fully saturated rings. The van der Waals surface area contributed by atoms with Crippen LogP contribution in [0, 0.1) is 10.1 Å². The van der Waals surface area contributed by atoms with Crippen LogP contribution in [0.5, 0.6) is 17.5 Å². The van der Waals surface area contributed by atoms with E-state index in [0.717, 1.165) is 0 Å². The summed E-state index contributed by atoms with van der Waals surface area (Å²) in [7, 11) is 1.45. The summed E-state index contributed by atoms with van der Waals surface area (Å²) in [6.07, 6.45) is 1.28. The number of nitro benzene ring substituents is 1. The van der Waals surface area contributed by atoms with Crippen molar-refractivity contribution in [3.63, 3.8) is 0 Å². The zero-order valence-corrected chi connectivity index (χ0v) is 15.4. The quantitative estimate of drug-likeness (QED) is 0.415. The normalized spacial score (nSPS) is 15.6. The molecule has 0 atom stereocenters. The molecule has 2 aromatic rings. The highest BCUT2D eigenvalue weighted by molar-refractivity contribution is 5.87. The van der Waals surface area contributed by atoms with Crippen LogP contribution in [0.3, 0.4) is 0 Å². The molecule has 2 aliphatic heterocycles. The van der Waals surface area contributed by atoms with E-state index in [-0.39, 0.29) is 30.0 Å². The van der Waals surface area contributed by atoms with Gasteiger partial charge in [0.2, 0.25) is 12.7 Å². The van der Waals surface area contributed by atoms with Crippen molar-refractivity contribution in [1.82, 2.24) is 15.0 Å². The van der Waals surface area contributed by atoms with Gasteiger partial charge < -0.3 is 23.8 Å². The lowest BCUT2D eigenvalue weighted by Crippen LogP contribution is -2.37. The van der Waals surface area contributed by atoms with E-state index < -0.39 is 4.92 Å². The van der Waals surface area contributed by atoms with Gasteiger partial charge in [-0.2, -0.15) is 20.1 Å². The number of hydrogen-bond donors (Lipinski definition) is 1. The van der Waals surface area contributed by atoms with E-state index in [2.05, 4.69) is 25.5 Å². The second kappa shape index (κ2) is 8.10. The van der Waals surface area contributed by atoms with Gasteiger partial charge in [-0.3, -0.25) is 10.1 Å². The average molecular weight is 403 g/mol. The predicted octanol–water partition coefficient (Wildman–Crippen LogP) is 0.800. The molecule has 4 rings (SSSR count). The molecule has 2 aliphatic rings. The lowest BCUT2D eigenvalue weighted by Gasteiger charge is -2.26. The van der Waals surface area contributed by atoms with Gasteiger partial charge in [0, 0.05) is 13.1 Å². The van der Waals surface area contributed by atoms with Crippen LogP contribution in [-0.2, 0) is 4.74 Å². The van der Waals surface area contributed by atoms with Gasteiger partial charge in [0.15, 0.2) is 11.5 Å². The smallest absolute Gasteiger partial charge is 0.322 e. The Morgan fingerprint density at radius 3 is 2.72 bits per heavy atom. The Bertz CT molecular complexity index is 948. The van der Waals surface area contributed by atoms with E-state index >= 15 is 0 Å². The number of hydrazone groups is 1. The van der Waals surface area contributed by atoms with Gasteiger partial charge in [-0.1, -0.05) is 0 Å². The third-order valence-corrected chi connectivity index (χ3v) is 4.17. The lowest BCUT2D eigenvalue weighted by molar-refractivity contribution is -0.385. The number of nitro groups is 1. The van der Waals surface area contributed by atoms with Crippen molar-refractivity contribution in [2.45, 2.75) is 0 Å². The maximum Gasteiger partial charge on any atom is 0.322 e. The molecule has 0 aliphatic carbocycles. The minimum absolute atomic E-state index is 0.0142. The highest BCUT2D eigenvalue weighted by Crippen LogP contribution is 2.37. The Labute approximate surface area is 164 Å². The van der Waals surface area contributed by atoms with Gasteiger partial charge in [-0.05, 0) is 6.07 Å². The summed E-state index contributed by atoms with van der Waals surface area (Å²) in [4.78, 5) is 25.4. The summed E-state index contributed by atoms with van der Waals surface area (Å²) >= 11 is 0. The molecule has 0 unspecified atom stereocenters. The molecule has 13 nitrogen and oxygen atoms in total. The molecular formula is C16H17N7O6. The number of aromatic nitrogens is 3. The summed E-state index contributed by atoms with van der Waals surface area (Å²) in [5.41, 5.74) is 2.73. The second-order valence-corrected chi connectivity index (χ2v) is 5.94. The number of hydrogen-bond acceptors (Lipinski definition) is 12. The Morgan fingerprint density at radius 1 is 1.24 bits per heavy atom. The Balaban J connectivity index is 1.56. The third kappa shape index (κ3) is 4.08. The van der Waals surface area contributed by atoms with E-state index in [1.807, 2.05) is 4.90 Å². The minimum atomic E-state index is -0.522. The highest BCUT2D eigenvalue weighted by atomic mass is 16.7. The van der Waals surface area contributed by atoms with Crippen LogP contribution in [0.25, 0.3) is 0 Å². The van der Waals surface area contributed by atoms with Crippen molar-refractivity contribution >= 4 is 23.8 Å². The van der Waals surface area contributed by atoms with Crippen molar-refractivity contribution in [3.05, 3.63) is 27.8 Å². The fourth-order valence-electron chi connectivity index (χ4n) is 2.76. The van der Waals surface area contributed by atoms with Gasteiger partial charge in [0.05, 0.1) is 43.1 Å². The Hall–Kier alpha value is -3.74. The number of morpholine rings is 1. The van der Waals surface area contributed by atoms with E-state index in [1.165, 1.54) is 25.5 Å². The number of anilines is 2. The Morgan fingerprint density at radius 2 is 2.00 bits per heavy atom. The molecule has 13 heteroatoms. The number of methoxy groups -OCH3 is 1. The molecule has 0 bridgehead atoms. The molecule has 1 aromatic carbocycles. The van der Waals surface area contributed by atoms with E-state index in [4.69, 9.17) is 18.9 Å². The first kappa shape index (κ1) is 18.6. The summed E-state index contributed by atoms with van der Waals surface area (Å²) in [5.74, 6) is 1.29. The molecule has 29 heavy (non-hydrogen) atoms. The van der Waals surface area contributed by atoms with Gasteiger partial charge >= 0.3 is 6.01 Å². The molecule has 152 valence electrons. The maximum absolute atomic E-state index is 11.3. The van der Waals surface area contributed by atoms with Gasteiger partial charge in [-0.25, -0.2) is 5.43 Å². The number of nitrogens with zero attached hydrogens (tertiary/aromatic N) is 6. The first-order chi connectivity index (χ1) is 14.1. The van der Waals surface area contributed by atoms with Crippen LogP contribution in [0.1, 0.15) is 5.56 Å². The molecule has 1 saturated heterocycles. The molecular weight excluding hydrogens is 386 g/mol. The average Bonchev–Trinajstić information content (AvgIpc) is 3.21. The summed E-state index contributed by atoms with van der Waals surface area (Å²) < 4.78 is 20.9. The predicted molar refractivity (Wildman–Crippen MR) is 99.8 cm³/mol. The van der Waals surface area contributed by atoms with E-state index in [0.29, 0.717) is 43.8 Å².